The maximum absolute atomic E-state index is 8.56. The Labute approximate surface area is 87.6 Å². The molecular weight excluding hydrogens is 207 g/mol. The Morgan fingerprint density at radius 2 is 2.08 bits per heavy atom. The average Bonchev–Trinajstić information content (AvgIpc) is 2.13. The Morgan fingerprint density at radius 3 is 2.77 bits per heavy atom. The molecule has 0 spiro atoms. The van der Waals surface area contributed by atoms with E-state index in [1.807, 2.05) is 24.3 Å². The van der Waals surface area contributed by atoms with Crippen LogP contribution in [0.25, 0.3) is 6.08 Å². The van der Waals surface area contributed by atoms with Gasteiger partial charge in [0, 0.05) is 6.61 Å². The van der Waals surface area contributed by atoms with E-state index in [0.29, 0.717) is 16.5 Å². The molecule has 0 aliphatic carbocycles. The van der Waals surface area contributed by atoms with E-state index in [-0.39, 0.29) is 6.61 Å². The Morgan fingerprint density at radius 1 is 1.31 bits per heavy atom. The summed E-state index contributed by atoms with van der Waals surface area (Å²) in [6.07, 6.45) is 4.34. The largest absolute Gasteiger partial charge is 0.396 e. The minimum Gasteiger partial charge on any atom is -0.396 e. The topological polar surface area (TPSA) is 20.2 Å². The van der Waals surface area contributed by atoms with Crippen molar-refractivity contribution in [1.82, 2.24) is 0 Å². The SMILES string of the molecule is OCC/C=C/c1cccc(Cl)c1Cl. The second kappa shape index (κ2) is 5.28. The molecule has 1 nitrogen and oxygen atoms in total. The van der Waals surface area contributed by atoms with Crippen LogP contribution in [0.15, 0.2) is 24.3 Å². The third-order valence-corrected chi connectivity index (χ3v) is 2.41. The summed E-state index contributed by atoms with van der Waals surface area (Å²) >= 11 is 11.7. The summed E-state index contributed by atoms with van der Waals surface area (Å²) in [5, 5.41) is 9.66. The maximum Gasteiger partial charge on any atom is 0.0664 e. The van der Waals surface area contributed by atoms with Crippen molar-refractivity contribution in [3.63, 3.8) is 0 Å². The highest BCUT2D eigenvalue weighted by Crippen LogP contribution is 2.26. The van der Waals surface area contributed by atoms with Crippen molar-refractivity contribution in [2.45, 2.75) is 6.42 Å². The molecule has 0 radical (unpaired) electrons. The van der Waals surface area contributed by atoms with Gasteiger partial charge < -0.3 is 5.11 Å². The van der Waals surface area contributed by atoms with Gasteiger partial charge in [-0.15, -0.1) is 0 Å². The summed E-state index contributed by atoms with van der Waals surface area (Å²) in [6.45, 7) is 0.148. The zero-order valence-electron chi connectivity index (χ0n) is 7.00. The summed E-state index contributed by atoms with van der Waals surface area (Å²) in [5.74, 6) is 0. The Hall–Kier alpha value is -0.500. The van der Waals surface area contributed by atoms with Crippen LogP contribution in [0.3, 0.4) is 0 Å². The summed E-state index contributed by atoms with van der Waals surface area (Å²) in [7, 11) is 0. The van der Waals surface area contributed by atoms with Crippen LogP contribution in [0.1, 0.15) is 12.0 Å². The lowest BCUT2D eigenvalue weighted by Gasteiger charge is -1.99. The Bertz CT molecular complexity index is 308. The monoisotopic (exact) mass is 216 g/mol. The highest BCUT2D eigenvalue weighted by atomic mass is 35.5. The van der Waals surface area contributed by atoms with Crippen LogP contribution in [0, 0.1) is 0 Å². The van der Waals surface area contributed by atoms with E-state index in [0.717, 1.165) is 5.56 Å². The lowest BCUT2D eigenvalue weighted by atomic mass is 10.2. The third kappa shape index (κ3) is 3.03. The zero-order valence-corrected chi connectivity index (χ0v) is 8.52. The predicted molar refractivity (Wildman–Crippen MR) is 57.2 cm³/mol. The summed E-state index contributed by atoms with van der Waals surface area (Å²) in [5.41, 5.74) is 0.877. The molecule has 0 saturated carbocycles. The number of hydrogen-bond acceptors (Lipinski definition) is 1. The Balaban J connectivity index is 2.83. The van der Waals surface area contributed by atoms with Crippen molar-refractivity contribution in [1.29, 1.82) is 0 Å². The fourth-order valence-electron chi connectivity index (χ4n) is 0.934. The fraction of sp³-hybridized carbons (Fsp3) is 0.200. The normalized spacial score (nSPS) is 11.0. The number of aliphatic hydroxyl groups excluding tert-OH is 1. The second-order valence-electron chi connectivity index (χ2n) is 2.56. The van der Waals surface area contributed by atoms with Gasteiger partial charge in [0.25, 0.3) is 0 Å². The van der Waals surface area contributed by atoms with Crippen molar-refractivity contribution in [2.75, 3.05) is 6.61 Å². The summed E-state index contributed by atoms with van der Waals surface area (Å²) < 4.78 is 0. The molecule has 3 heteroatoms. The van der Waals surface area contributed by atoms with E-state index < -0.39 is 0 Å². The first kappa shape index (κ1) is 10.6. The van der Waals surface area contributed by atoms with Crippen LogP contribution in [-0.4, -0.2) is 11.7 Å². The van der Waals surface area contributed by atoms with Gasteiger partial charge in [-0.2, -0.15) is 0 Å². The van der Waals surface area contributed by atoms with Gasteiger partial charge in [0.05, 0.1) is 10.0 Å². The quantitative estimate of drug-likeness (QED) is 0.822. The molecule has 0 atom stereocenters. The molecule has 0 aliphatic rings. The fourth-order valence-corrected chi connectivity index (χ4v) is 1.30. The lowest BCUT2D eigenvalue weighted by Crippen LogP contribution is -1.78. The molecule has 70 valence electrons. The van der Waals surface area contributed by atoms with E-state index in [4.69, 9.17) is 28.3 Å². The molecule has 0 unspecified atom stereocenters. The van der Waals surface area contributed by atoms with Crippen molar-refractivity contribution < 1.29 is 5.11 Å². The van der Waals surface area contributed by atoms with Crippen LogP contribution in [0.2, 0.25) is 10.0 Å². The average molecular weight is 217 g/mol. The van der Waals surface area contributed by atoms with Gasteiger partial charge in [0.2, 0.25) is 0 Å². The Kier molecular flexibility index (Phi) is 4.29. The smallest absolute Gasteiger partial charge is 0.0664 e. The standard InChI is InChI=1S/C10H10Cl2O/c11-9-6-3-5-8(10(9)12)4-1-2-7-13/h1,3-6,13H,2,7H2/b4-1+. The second-order valence-corrected chi connectivity index (χ2v) is 3.34. The number of rotatable bonds is 3. The number of benzene rings is 1. The lowest BCUT2D eigenvalue weighted by molar-refractivity contribution is 0.303. The van der Waals surface area contributed by atoms with Crippen molar-refractivity contribution in [2.24, 2.45) is 0 Å². The molecule has 1 rings (SSSR count). The minimum atomic E-state index is 0.148. The van der Waals surface area contributed by atoms with Crippen molar-refractivity contribution in [3.05, 3.63) is 39.9 Å². The number of halogens is 2. The molecule has 13 heavy (non-hydrogen) atoms. The van der Waals surface area contributed by atoms with E-state index in [1.165, 1.54) is 0 Å². The highest BCUT2D eigenvalue weighted by molar-refractivity contribution is 6.42. The van der Waals surface area contributed by atoms with Gasteiger partial charge in [0.15, 0.2) is 0 Å². The van der Waals surface area contributed by atoms with Gasteiger partial charge in [-0.05, 0) is 18.1 Å². The molecule has 1 aromatic carbocycles. The molecule has 0 saturated heterocycles. The summed E-state index contributed by atoms with van der Waals surface area (Å²) in [6, 6.07) is 5.46. The minimum absolute atomic E-state index is 0.148. The van der Waals surface area contributed by atoms with Gasteiger partial charge >= 0.3 is 0 Å². The first-order chi connectivity index (χ1) is 6.25. The maximum atomic E-state index is 8.56. The van der Waals surface area contributed by atoms with E-state index >= 15 is 0 Å². The highest BCUT2D eigenvalue weighted by Gasteiger charge is 1.99. The molecular formula is C10H10Cl2O. The van der Waals surface area contributed by atoms with E-state index in [2.05, 4.69) is 0 Å². The molecule has 0 bridgehead atoms. The molecule has 0 fully saturated rings. The van der Waals surface area contributed by atoms with Gasteiger partial charge in [-0.1, -0.05) is 47.5 Å². The molecule has 1 aromatic rings. The van der Waals surface area contributed by atoms with Crippen LogP contribution in [0.4, 0.5) is 0 Å². The van der Waals surface area contributed by atoms with E-state index in [9.17, 15) is 0 Å². The first-order valence-electron chi connectivity index (χ1n) is 3.97. The first-order valence-corrected chi connectivity index (χ1v) is 4.72. The molecule has 0 aliphatic heterocycles. The molecule has 0 heterocycles. The van der Waals surface area contributed by atoms with Crippen LogP contribution in [-0.2, 0) is 0 Å². The van der Waals surface area contributed by atoms with Crippen LogP contribution >= 0.6 is 23.2 Å². The zero-order chi connectivity index (χ0) is 9.68. The summed E-state index contributed by atoms with van der Waals surface area (Å²) in [4.78, 5) is 0. The molecule has 0 amide bonds. The van der Waals surface area contributed by atoms with Gasteiger partial charge in [-0.25, -0.2) is 0 Å². The third-order valence-electron chi connectivity index (χ3n) is 1.57. The van der Waals surface area contributed by atoms with Crippen molar-refractivity contribution >= 4 is 29.3 Å². The molecule has 1 N–H and O–H groups in total. The molecule has 0 aromatic heterocycles. The van der Waals surface area contributed by atoms with Crippen LogP contribution in [0.5, 0.6) is 0 Å². The predicted octanol–water partition coefficient (Wildman–Crippen LogP) is 3.39. The van der Waals surface area contributed by atoms with Gasteiger partial charge in [0.1, 0.15) is 0 Å². The van der Waals surface area contributed by atoms with E-state index in [1.54, 1.807) is 6.07 Å². The van der Waals surface area contributed by atoms with Crippen molar-refractivity contribution in [3.8, 4) is 0 Å². The van der Waals surface area contributed by atoms with Crippen LogP contribution < -0.4 is 0 Å². The van der Waals surface area contributed by atoms with Gasteiger partial charge in [-0.3, -0.25) is 0 Å². The number of aliphatic hydroxyl groups is 1. The number of hydrogen-bond donors (Lipinski definition) is 1.